The van der Waals surface area contributed by atoms with Crippen molar-refractivity contribution < 1.29 is 17.4 Å². The summed E-state index contributed by atoms with van der Waals surface area (Å²) in [6.45, 7) is 3.78. The molecule has 0 spiro atoms. The third-order valence-corrected chi connectivity index (χ3v) is 3.22. The zero-order valence-electron chi connectivity index (χ0n) is 10.4. The maximum atomic E-state index is 11.9. The summed E-state index contributed by atoms with van der Waals surface area (Å²) in [5.74, 6) is -1.51. The fourth-order valence-electron chi connectivity index (χ4n) is 1.76. The molecule has 1 rings (SSSR count). The lowest BCUT2D eigenvalue weighted by Crippen LogP contribution is -2.28. The van der Waals surface area contributed by atoms with E-state index < -0.39 is 22.2 Å². The Labute approximate surface area is 107 Å². The predicted molar refractivity (Wildman–Crippen MR) is 67.8 cm³/mol. The van der Waals surface area contributed by atoms with Crippen LogP contribution in [0.25, 0.3) is 0 Å². The van der Waals surface area contributed by atoms with E-state index in [0.29, 0.717) is 0 Å². The molecule has 0 fully saturated rings. The summed E-state index contributed by atoms with van der Waals surface area (Å²) in [5.41, 5.74) is 0.723. The first-order chi connectivity index (χ1) is 8.35. The van der Waals surface area contributed by atoms with Crippen molar-refractivity contribution in [3.05, 3.63) is 35.9 Å². The van der Waals surface area contributed by atoms with E-state index in [4.69, 9.17) is 5.14 Å². The van der Waals surface area contributed by atoms with Crippen LogP contribution in [-0.2, 0) is 19.3 Å². The van der Waals surface area contributed by atoms with Gasteiger partial charge in [-0.15, -0.1) is 0 Å². The molecule has 18 heavy (non-hydrogen) atoms. The lowest BCUT2D eigenvalue weighted by molar-refractivity contribution is -0.136. The van der Waals surface area contributed by atoms with Crippen molar-refractivity contribution in [3.63, 3.8) is 0 Å². The molecule has 0 saturated carbocycles. The highest BCUT2D eigenvalue weighted by Gasteiger charge is 2.29. The Hall–Kier alpha value is -1.40. The minimum atomic E-state index is -4.27. The van der Waals surface area contributed by atoms with Gasteiger partial charge < -0.3 is 4.18 Å². The number of rotatable bonds is 5. The van der Waals surface area contributed by atoms with Gasteiger partial charge >= 0.3 is 16.3 Å². The van der Waals surface area contributed by atoms with Gasteiger partial charge in [0.2, 0.25) is 0 Å². The highest BCUT2D eigenvalue weighted by molar-refractivity contribution is 7.84. The van der Waals surface area contributed by atoms with Crippen LogP contribution >= 0.6 is 0 Å². The first-order valence-corrected chi connectivity index (χ1v) is 7.13. The zero-order valence-corrected chi connectivity index (χ0v) is 11.2. The molecule has 2 unspecified atom stereocenters. The van der Waals surface area contributed by atoms with Crippen LogP contribution in [0.5, 0.6) is 0 Å². The summed E-state index contributed by atoms with van der Waals surface area (Å²) >= 11 is 0. The van der Waals surface area contributed by atoms with Crippen LogP contribution in [0.15, 0.2) is 30.3 Å². The third kappa shape index (κ3) is 4.12. The fraction of sp³-hybridized carbons (Fsp3) is 0.417. The van der Waals surface area contributed by atoms with Gasteiger partial charge in [-0.3, -0.25) is 4.79 Å². The summed E-state index contributed by atoms with van der Waals surface area (Å²) in [4.78, 5) is 11.9. The Kier molecular flexibility index (Phi) is 4.86. The van der Waals surface area contributed by atoms with E-state index in [2.05, 4.69) is 4.18 Å². The largest absolute Gasteiger partial charge is 0.382 e. The predicted octanol–water partition coefficient (Wildman–Crippen LogP) is 1.56. The lowest BCUT2D eigenvalue weighted by atomic mass is 9.86. The second-order valence-corrected chi connectivity index (χ2v) is 5.32. The molecule has 5 nitrogen and oxygen atoms in total. The summed E-state index contributed by atoms with van der Waals surface area (Å²) in [5, 5.41) is 4.72. The number of carbonyl (C=O) groups excluding carboxylic acids is 1. The number of nitrogens with two attached hydrogens (primary N) is 1. The smallest absolute Gasteiger partial charge is 0.334 e. The molecular formula is C12H17NO4S. The van der Waals surface area contributed by atoms with E-state index >= 15 is 0 Å². The number of benzene rings is 1. The Morgan fingerprint density at radius 1 is 1.33 bits per heavy atom. The molecule has 0 saturated heterocycles. The maximum Gasteiger partial charge on any atom is 0.382 e. The van der Waals surface area contributed by atoms with E-state index in [1.807, 2.05) is 19.9 Å². The number of carbonyl (C=O) groups is 1. The molecule has 1 aromatic rings. The first kappa shape index (κ1) is 14.7. The molecule has 0 amide bonds. The molecule has 2 atom stereocenters. The van der Waals surface area contributed by atoms with Crippen LogP contribution in [0.4, 0.5) is 0 Å². The topological polar surface area (TPSA) is 86.5 Å². The maximum absolute atomic E-state index is 11.9. The van der Waals surface area contributed by atoms with Crippen LogP contribution in [0, 0.1) is 5.92 Å². The minimum absolute atomic E-state index is 0.0401. The van der Waals surface area contributed by atoms with Crippen molar-refractivity contribution in [1.82, 2.24) is 0 Å². The average molecular weight is 271 g/mol. The molecule has 6 heteroatoms. The molecular weight excluding hydrogens is 254 g/mol. The van der Waals surface area contributed by atoms with Crippen molar-refractivity contribution >= 4 is 16.3 Å². The highest BCUT2D eigenvalue weighted by atomic mass is 32.2. The third-order valence-electron chi connectivity index (χ3n) is 2.82. The van der Waals surface area contributed by atoms with Crippen LogP contribution < -0.4 is 5.14 Å². The van der Waals surface area contributed by atoms with Gasteiger partial charge in [-0.05, 0) is 11.5 Å². The molecule has 0 aliphatic carbocycles. The Balaban J connectivity index is 3.04. The van der Waals surface area contributed by atoms with Crippen LogP contribution in [-0.4, -0.2) is 14.4 Å². The fourth-order valence-corrected chi connectivity index (χ4v) is 2.09. The van der Waals surface area contributed by atoms with Gasteiger partial charge in [-0.2, -0.15) is 13.6 Å². The van der Waals surface area contributed by atoms with Gasteiger partial charge in [0.25, 0.3) is 0 Å². The van der Waals surface area contributed by atoms with E-state index in [-0.39, 0.29) is 5.92 Å². The van der Waals surface area contributed by atoms with Gasteiger partial charge in [0.15, 0.2) is 0 Å². The first-order valence-electron chi connectivity index (χ1n) is 5.66. The molecule has 0 aromatic heterocycles. The van der Waals surface area contributed by atoms with E-state index in [0.717, 1.165) is 12.0 Å². The quantitative estimate of drug-likeness (QED) is 0.880. The second kappa shape index (κ2) is 5.97. The van der Waals surface area contributed by atoms with Crippen molar-refractivity contribution in [3.8, 4) is 0 Å². The Bertz CT molecular complexity index is 498. The summed E-state index contributed by atoms with van der Waals surface area (Å²) in [6, 6.07) is 8.93. The van der Waals surface area contributed by atoms with Crippen LogP contribution in [0.2, 0.25) is 0 Å². The van der Waals surface area contributed by atoms with E-state index in [1.54, 1.807) is 24.3 Å². The van der Waals surface area contributed by atoms with Crippen molar-refractivity contribution in [1.29, 1.82) is 0 Å². The van der Waals surface area contributed by atoms with Gasteiger partial charge in [0.05, 0.1) is 5.92 Å². The normalized spacial score (nSPS) is 14.8. The number of hydrogen-bond donors (Lipinski definition) is 1. The second-order valence-electron chi connectivity index (χ2n) is 4.17. The van der Waals surface area contributed by atoms with Crippen LogP contribution in [0.1, 0.15) is 31.7 Å². The van der Waals surface area contributed by atoms with Gasteiger partial charge in [-0.25, -0.2) is 0 Å². The Morgan fingerprint density at radius 2 is 1.89 bits per heavy atom. The standard InChI is InChI=1S/C12H17NO4S/c1-3-9(2)11(10-7-5-4-6-8-10)12(14)17-18(13,15)16/h4-9,11H,3H2,1-2H3,(H2,13,15,16). The van der Waals surface area contributed by atoms with Gasteiger partial charge in [-0.1, -0.05) is 50.6 Å². The summed E-state index contributed by atoms with van der Waals surface area (Å²) in [6.07, 6.45) is 0.722. The molecule has 1 aromatic carbocycles. The summed E-state index contributed by atoms with van der Waals surface area (Å²) < 4.78 is 25.9. The molecule has 0 aliphatic rings. The van der Waals surface area contributed by atoms with Crippen LogP contribution in [0.3, 0.4) is 0 Å². The van der Waals surface area contributed by atoms with E-state index in [9.17, 15) is 13.2 Å². The van der Waals surface area contributed by atoms with Gasteiger partial charge in [0, 0.05) is 0 Å². The van der Waals surface area contributed by atoms with Crippen molar-refractivity contribution in [2.24, 2.45) is 11.1 Å². The lowest BCUT2D eigenvalue weighted by Gasteiger charge is -2.20. The Morgan fingerprint density at radius 3 is 2.33 bits per heavy atom. The molecule has 0 aliphatic heterocycles. The minimum Gasteiger partial charge on any atom is -0.334 e. The monoisotopic (exact) mass is 271 g/mol. The number of hydrogen-bond acceptors (Lipinski definition) is 4. The highest BCUT2D eigenvalue weighted by Crippen LogP contribution is 2.28. The molecule has 0 bridgehead atoms. The van der Waals surface area contributed by atoms with Gasteiger partial charge in [0.1, 0.15) is 0 Å². The van der Waals surface area contributed by atoms with Crippen molar-refractivity contribution in [2.45, 2.75) is 26.2 Å². The molecule has 0 radical (unpaired) electrons. The molecule has 100 valence electrons. The summed E-state index contributed by atoms with van der Waals surface area (Å²) in [7, 11) is -4.27. The molecule has 2 N–H and O–H groups in total. The van der Waals surface area contributed by atoms with E-state index in [1.165, 1.54) is 0 Å². The average Bonchev–Trinajstić information content (AvgIpc) is 2.28. The zero-order chi connectivity index (χ0) is 13.8. The SMILES string of the molecule is CCC(C)C(C(=O)OS(N)(=O)=O)c1ccccc1. The molecule has 0 heterocycles. The van der Waals surface area contributed by atoms with Crippen molar-refractivity contribution in [2.75, 3.05) is 0 Å².